The Balaban J connectivity index is 2.27. The maximum atomic E-state index is 11.4. The molecule has 7 heteroatoms. The van der Waals surface area contributed by atoms with Gasteiger partial charge in [-0.05, 0) is 12.2 Å². The Morgan fingerprint density at radius 1 is 1.77 bits per heavy atom. The van der Waals surface area contributed by atoms with Crippen LogP contribution in [0, 0.1) is 3.95 Å². The molecule has 1 aliphatic rings. The first-order chi connectivity index (χ1) is 6.16. The monoisotopic (exact) mass is 233 g/mol. The van der Waals surface area contributed by atoms with Crippen molar-refractivity contribution < 1.29 is 4.79 Å². The zero-order valence-corrected chi connectivity index (χ0v) is 9.09. The number of hydrogen-bond acceptors (Lipinski definition) is 5. The zero-order valence-electron chi connectivity index (χ0n) is 6.56. The number of nitrogens with zero attached hydrogens (tertiary/aromatic N) is 2. The molecule has 1 aromatic rings. The first kappa shape index (κ1) is 9.17. The van der Waals surface area contributed by atoms with Crippen molar-refractivity contribution >= 4 is 47.2 Å². The molecule has 0 aromatic carbocycles. The number of carbonyl (C=O) groups excluding carboxylic acids is 1. The number of thiol groups is 1. The Bertz CT molecular complexity index is 384. The summed E-state index contributed by atoms with van der Waals surface area (Å²) < 4.78 is 0.588. The smallest absolute Gasteiger partial charge is 0.230 e. The van der Waals surface area contributed by atoms with Crippen molar-refractivity contribution in [3.8, 4) is 0 Å². The SMILES string of the molecule is O=C1CC(S)CN1c1n[nH]c(=S)s1. The average molecular weight is 233 g/mol. The van der Waals surface area contributed by atoms with Gasteiger partial charge in [-0.25, -0.2) is 0 Å². The highest BCUT2D eigenvalue weighted by molar-refractivity contribution is 7.81. The van der Waals surface area contributed by atoms with E-state index in [4.69, 9.17) is 12.2 Å². The van der Waals surface area contributed by atoms with E-state index in [1.54, 1.807) is 4.90 Å². The molecule has 2 heterocycles. The third-order valence-electron chi connectivity index (χ3n) is 1.76. The molecular formula is C6H7N3OS3. The first-order valence-corrected chi connectivity index (χ1v) is 5.45. The van der Waals surface area contributed by atoms with Gasteiger partial charge in [0.1, 0.15) is 0 Å². The minimum atomic E-state index is 0.0674. The van der Waals surface area contributed by atoms with Gasteiger partial charge in [0, 0.05) is 18.2 Å². The zero-order chi connectivity index (χ0) is 9.42. The van der Waals surface area contributed by atoms with Crippen LogP contribution in [0.4, 0.5) is 5.13 Å². The summed E-state index contributed by atoms with van der Waals surface area (Å²) >= 11 is 10.4. The minimum Gasteiger partial charge on any atom is -0.286 e. The maximum absolute atomic E-state index is 11.4. The Kier molecular flexibility index (Phi) is 2.39. The van der Waals surface area contributed by atoms with Gasteiger partial charge >= 0.3 is 0 Å². The molecule has 0 aliphatic carbocycles. The molecule has 1 fully saturated rings. The third kappa shape index (κ3) is 1.77. The van der Waals surface area contributed by atoms with Gasteiger partial charge in [0.05, 0.1) is 0 Å². The summed E-state index contributed by atoms with van der Waals surface area (Å²) in [6.07, 6.45) is 0.482. The summed E-state index contributed by atoms with van der Waals surface area (Å²) in [5.74, 6) is 0.0674. The lowest BCUT2D eigenvalue weighted by Crippen LogP contribution is -2.24. The number of H-pyrrole nitrogens is 1. The summed E-state index contributed by atoms with van der Waals surface area (Å²) in [4.78, 5) is 13.0. The lowest BCUT2D eigenvalue weighted by atomic mass is 10.4. The van der Waals surface area contributed by atoms with Gasteiger partial charge in [0.2, 0.25) is 11.0 Å². The van der Waals surface area contributed by atoms with Gasteiger partial charge < -0.3 is 0 Å². The number of anilines is 1. The first-order valence-electron chi connectivity index (χ1n) is 3.71. The highest BCUT2D eigenvalue weighted by Crippen LogP contribution is 2.25. The van der Waals surface area contributed by atoms with Crippen LogP contribution >= 0.6 is 36.2 Å². The highest BCUT2D eigenvalue weighted by Gasteiger charge is 2.29. The van der Waals surface area contributed by atoms with Crippen molar-refractivity contribution in [1.82, 2.24) is 10.2 Å². The van der Waals surface area contributed by atoms with Crippen LogP contribution in [-0.2, 0) is 4.79 Å². The molecule has 2 rings (SSSR count). The fraction of sp³-hybridized carbons (Fsp3) is 0.500. The van der Waals surface area contributed by atoms with E-state index in [0.717, 1.165) is 0 Å². The number of nitrogens with one attached hydrogen (secondary N) is 1. The van der Waals surface area contributed by atoms with Crippen molar-refractivity contribution in [2.75, 3.05) is 11.4 Å². The predicted octanol–water partition coefficient (Wildman–Crippen LogP) is 1.24. The molecule has 0 saturated carbocycles. The van der Waals surface area contributed by atoms with Crippen LogP contribution in [0.15, 0.2) is 0 Å². The largest absolute Gasteiger partial charge is 0.286 e. The summed E-state index contributed by atoms with van der Waals surface area (Å²) in [6, 6.07) is 0. The number of amides is 1. The Hall–Kier alpha value is -0.400. The summed E-state index contributed by atoms with van der Waals surface area (Å²) in [5.41, 5.74) is 0. The number of aromatic nitrogens is 2. The molecule has 1 saturated heterocycles. The topological polar surface area (TPSA) is 49.0 Å². The summed E-state index contributed by atoms with van der Waals surface area (Å²) in [5, 5.41) is 7.35. The van der Waals surface area contributed by atoms with Crippen molar-refractivity contribution in [2.24, 2.45) is 0 Å². The molecule has 13 heavy (non-hydrogen) atoms. The van der Waals surface area contributed by atoms with Crippen LogP contribution in [-0.4, -0.2) is 27.9 Å². The van der Waals surface area contributed by atoms with E-state index in [1.807, 2.05) is 0 Å². The molecule has 4 nitrogen and oxygen atoms in total. The van der Waals surface area contributed by atoms with Crippen LogP contribution in [0.3, 0.4) is 0 Å². The molecule has 1 aromatic heterocycles. The van der Waals surface area contributed by atoms with Crippen molar-refractivity contribution in [3.63, 3.8) is 0 Å². The van der Waals surface area contributed by atoms with Gasteiger partial charge in [0.15, 0.2) is 3.95 Å². The van der Waals surface area contributed by atoms with Gasteiger partial charge in [-0.1, -0.05) is 11.3 Å². The lowest BCUT2D eigenvalue weighted by molar-refractivity contribution is -0.117. The Morgan fingerprint density at radius 3 is 3.00 bits per heavy atom. The van der Waals surface area contributed by atoms with E-state index < -0.39 is 0 Å². The van der Waals surface area contributed by atoms with Crippen LogP contribution < -0.4 is 4.90 Å². The van der Waals surface area contributed by atoms with Gasteiger partial charge in [-0.15, -0.1) is 5.10 Å². The predicted molar refractivity (Wildman–Crippen MR) is 57.0 cm³/mol. The molecule has 70 valence electrons. The summed E-state index contributed by atoms with van der Waals surface area (Å²) in [6.45, 7) is 0.623. The third-order valence-corrected chi connectivity index (χ3v) is 3.22. The van der Waals surface area contributed by atoms with E-state index in [0.29, 0.717) is 22.1 Å². The quantitative estimate of drug-likeness (QED) is 0.567. The standard InChI is InChI=1S/C6H7N3OS3/c10-4-1-3(11)2-9(4)5-7-8-6(12)13-5/h3,11H,1-2H2,(H,8,12). The van der Waals surface area contributed by atoms with Gasteiger partial charge in [0.25, 0.3) is 0 Å². The fourth-order valence-corrected chi connectivity index (χ4v) is 2.43. The second kappa shape index (κ2) is 3.39. The molecule has 1 N–H and O–H groups in total. The number of rotatable bonds is 1. The van der Waals surface area contributed by atoms with Crippen molar-refractivity contribution in [2.45, 2.75) is 11.7 Å². The molecule has 1 amide bonds. The molecule has 1 unspecified atom stereocenters. The highest BCUT2D eigenvalue weighted by atomic mass is 32.1. The average Bonchev–Trinajstić information content (AvgIpc) is 2.58. The molecular weight excluding hydrogens is 226 g/mol. The molecule has 0 spiro atoms. The van der Waals surface area contributed by atoms with Crippen LogP contribution in [0.25, 0.3) is 0 Å². The lowest BCUT2D eigenvalue weighted by Gasteiger charge is -2.09. The van der Waals surface area contributed by atoms with E-state index in [1.165, 1.54) is 11.3 Å². The van der Waals surface area contributed by atoms with Crippen LogP contribution in [0.5, 0.6) is 0 Å². The maximum Gasteiger partial charge on any atom is 0.230 e. The van der Waals surface area contributed by atoms with Crippen molar-refractivity contribution in [1.29, 1.82) is 0 Å². The number of carbonyl (C=O) groups is 1. The van der Waals surface area contributed by atoms with E-state index in [9.17, 15) is 4.79 Å². The molecule has 1 atom stereocenters. The Morgan fingerprint density at radius 2 is 2.54 bits per heavy atom. The second-order valence-corrected chi connectivity index (χ2v) is 5.13. The molecule has 1 aliphatic heterocycles. The van der Waals surface area contributed by atoms with E-state index >= 15 is 0 Å². The van der Waals surface area contributed by atoms with Crippen molar-refractivity contribution in [3.05, 3.63) is 3.95 Å². The van der Waals surface area contributed by atoms with Gasteiger partial charge in [-0.3, -0.25) is 14.8 Å². The normalized spacial score (nSPS) is 22.7. The number of aromatic amines is 1. The summed E-state index contributed by atoms with van der Waals surface area (Å²) in [7, 11) is 0. The Labute approximate surface area is 89.4 Å². The molecule has 0 radical (unpaired) electrons. The van der Waals surface area contributed by atoms with E-state index in [2.05, 4.69) is 22.8 Å². The fourth-order valence-electron chi connectivity index (χ4n) is 1.21. The minimum absolute atomic E-state index is 0.0674. The second-order valence-electron chi connectivity index (χ2n) is 2.76. The van der Waals surface area contributed by atoms with E-state index in [-0.39, 0.29) is 11.2 Å². The van der Waals surface area contributed by atoms with Gasteiger partial charge in [-0.2, -0.15) is 12.6 Å². The van der Waals surface area contributed by atoms with Crippen LogP contribution in [0.1, 0.15) is 6.42 Å². The molecule has 0 bridgehead atoms. The number of hydrogen-bond donors (Lipinski definition) is 2. The van der Waals surface area contributed by atoms with Crippen LogP contribution in [0.2, 0.25) is 0 Å².